The van der Waals surface area contributed by atoms with E-state index in [1.807, 2.05) is 18.2 Å². The van der Waals surface area contributed by atoms with E-state index in [-0.39, 0.29) is 37.6 Å². The largest absolute Gasteiger partial charge is 0.350 e. The minimum atomic E-state index is -3.93. The lowest BCUT2D eigenvalue weighted by molar-refractivity contribution is -0.200. The molecule has 3 aromatic rings. The Labute approximate surface area is 253 Å². The number of hydroxylamine groups is 1. The summed E-state index contributed by atoms with van der Waals surface area (Å²) in [6, 6.07) is 17.5. The zero-order valence-electron chi connectivity index (χ0n) is 22.2. The van der Waals surface area contributed by atoms with Crippen LogP contribution in [0.2, 0.25) is 10.0 Å². The number of ether oxygens (including phenoxy) is 1. The van der Waals surface area contributed by atoms with Crippen LogP contribution in [0.1, 0.15) is 47.3 Å². The Balaban J connectivity index is 1.46. The molecule has 8 nitrogen and oxygen atoms in total. The Hall–Kier alpha value is -2.47. The first kappa shape index (κ1) is 30.0. The molecule has 41 heavy (non-hydrogen) atoms. The third kappa shape index (κ3) is 6.63. The van der Waals surface area contributed by atoms with Gasteiger partial charge in [0.1, 0.15) is 4.75 Å². The molecule has 12 heteroatoms. The van der Waals surface area contributed by atoms with Gasteiger partial charge in [0.15, 0.2) is 16.1 Å². The summed E-state index contributed by atoms with van der Waals surface area (Å²) in [5.41, 5.74) is 3.61. The predicted octanol–water partition coefficient (Wildman–Crippen LogP) is 5.84. The number of hydrogen-bond donors (Lipinski definition) is 1. The molecule has 1 aromatic heterocycles. The lowest BCUT2D eigenvalue weighted by Crippen LogP contribution is -2.43. The monoisotopic (exact) mass is 636 g/mol. The molecule has 2 aromatic carbocycles. The quantitative estimate of drug-likeness (QED) is 0.327. The molecule has 2 aliphatic heterocycles. The first-order chi connectivity index (χ1) is 19.7. The van der Waals surface area contributed by atoms with E-state index in [2.05, 4.69) is 5.48 Å². The van der Waals surface area contributed by atoms with Crippen molar-refractivity contribution in [1.29, 1.82) is 0 Å². The first-order valence-corrected chi connectivity index (χ1v) is 16.6. The van der Waals surface area contributed by atoms with Crippen LogP contribution in [0.15, 0.2) is 60.7 Å². The van der Waals surface area contributed by atoms with E-state index in [1.165, 1.54) is 16.2 Å². The molecule has 2 atom stereocenters. The van der Waals surface area contributed by atoms with Crippen molar-refractivity contribution in [3.8, 4) is 10.4 Å². The van der Waals surface area contributed by atoms with Gasteiger partial charge in [-0.25, -0.2) is 18.7 Å². The normalized spacial score (nSPS) is 22.6. The molecule has 2 aliphatic rings. The Morgan fingerprint density at radius 3 is 2.56 bits per heavy atom. The molecule has 2 unspecified atom stereocenters. The van der Waals surface area contributed by atoms with E-state index in [4.69, 9.17) is 32.8 Å². The van der Waals surface area contributed by atoms with E-state index in [0.29, 0.717) is 33.5 Å². The number of nitrogens with one attached hydrogen (secondary N) is 1. The maximum Gasteiger partial charge on any atom is 0.255 e. The van der Waals surface area contributed by atoms with Gasteiger partial charge in [-0.3, -0.25) is 9.59 Å². The fourth-order valence-corrected chi connectivity index (χ4v) is 9.11. The van der Waals surface area contributed by atoms with Gasteiger partial charge < -0.3 is 9.64 Å². The highest BCUT2D eigenvalue weighted by Gasteiger charge is 2.50. The summed E-state index contributed by atoms with van der Waals surface area (Å²) in [4.78, 5) is 35.0. The topological polar surface area (TPSA) is 102 Å². The zero-order chi connectivity index (χ0) is 29.0. The molecule has 2 amide bonds. The maximum atomic E-state index is 14.1. The van der Waals surface area contributed by atoms with Crippen molar-refractivity contribution in [3.63, 3.8) is 0 Å². The zero-order valence-corrected chi connectivity index (χ0v) is 25.3. The van der Waals surface area contributed by atoms with E-state index in [1.54, 1.807) is 42.5 Å². The molecular formula is C29H30Cl2N2O6S2. The molecule has 1 N–H and O–H groups in total. The van der Waals surface area contributed by atoms with Crippen LogP contribution in [0, 0.1) is 0 Å². The number of thiophene rings is 1. The van der Waals surface area contributed by atoms with Crippen LogP contribution >= 0.6 is 34.5 Å². The number of amides is 2. The average molecular weight is 638 g/mol. The fourth-order valence-electron chi connectivity index (χ4n) is 5.16. The number of carbonyl (C=O) groups excluding carboxylic acids is 2. The summed E-state index contributed by atoms with van der Waals surface area (Å²) < 4.78 is 32.2. The Kier molecular flexibility index (Phi) is 9.37. The van der Waals surface area contributed by atoms with Crippen molar-refractivity contribution in [3.05, 3.63) is 81.1 Å². The van der Waals surface area contributed by atoms with Crippen LogP contribution in [0.4, 0.5) is 0 Å². The number of rotatable bonds is 7. The lowest BCUT2D eigenvalue weighted by atomic mass is 9.97. The van der Waals surface area contributed by atoms with Crippen molar-refractivity contribution >= 4 is 56.2 Å². The molecule has 0 saturated carbocycles. The van der Waals surface area contributed by atoms with Crippen molar-refractivity contribution in [2.45, 2.75) is 43.1 Å². The molecule has 3 heterocycles. The average Bonchev–Trinajstić information content (AvgIpc) is 3.42. The van der Waals surface area contributed by atoms with Gasteiger partial charge in [0, 0.05) is 40.9 Å². The Bertz CT molecular complexity index is 1510. The lowest BCUT2D eigenvalue weighted by Gasteiger charge is -2.31. The van der Waals surface area contributed by atoms with Gasteiger partial charge >= 0.3 is 0 Å². The smallest absolute Gasteiger partial charge is 0.255 e. The summed E-state index contributed by atoms with van der Waals surface area (Å²) >= 11 is 13.6. The van der Waals surface area contributed by atoms with Crippen molar-refractivity contribution in [2.75, 3.05) is 25.4 Å². The van der Waals surface area contributed by atoms with Crippen LogP contribution < -0.4 is 5.48 Å². The molecule has 0 aliphatic carbocycles. The number of halogens is 2. The number of carbonyl (C=O) groups is 2. The Morgan fingerprint density at radius 2 is 1.83 bits per heavy atom. The van der Waals surface area contributed by atoms with E-state index in [0.717, 1.165) is 23.3 Å². The summed E-state index contributed by atoms with van der Waals surface area (Å²) in [6.45, 7) is 0.645. The van der Waals surface area contributed by atoms with Gasteiger partial charge in [-0.1, -0.05) is 47.5 Å². The molecule has 2 saturated heterocycles. The standard InChI is InChI=1S/C29H30Cl2N2O6S2/c30-21-10-8-20(9-11-21)24-12-13-25(40-24)29(19-26(34)32-39-27-7-3-4-17-38-27)14-15-33(16-18-41(29,36)37)28(35)22-5-1-2-6-23(22)31/h1-2,5-6,8-13,27H,3-4,7,14-19H2,(H,32,34). The van der Waals surface area contributed by atoms with Gasteiger partial charge in [-0.15, -0.1) is 11.3 Å². The molecule has 2 fully saturated rings. The van der Waals surface area contributed by atoms with Gasteiger partial charge in [-0.2, -0.15) is 0 Å². The van der Waals surface area contributed by atoms with Gasteiger partial charge in [0.2, 0.25) is 5.91 Å². The molecule has 0 spiro atoms. The summed E-state index contributed by atoms with van der Waals surface area (Å²) in [5, 5.41) is 0.887. The number of sulfone groups is 1. The van der Waals surface area contributed by atoms with Crippen LogP contribution in [0.25, 0.3) is 10.4 Å². The van der Waals surface area contributed by atoms with Crippen LogP contribution in [0.3, 0.4) is 0 Å². The summed E-state index contributed by atoms with van der Waals surface area (Å²) in [7, 11) is -3.93. The second-order valence-electron chi connectivity index (χ2n) is 10.1. The molecule has 0 radical (unpaired) electrons. The van der Waals surface area contributed by atoms with Crippen molar-refractivity contribution in [1.82, 2.24) is 10.4 Å². The van der Waals surface area contributed by atoms with Crippen molar-refractivity contribution < 1.29 is 27.6 Å². The van der Waals surface area contributed by atoms with Gasteiger partial charge in [0.05, 0.1) is 22.8 Å². The van der Waals surface area contributed by atoms with Crippen molar-refractivity contribution in [2.24, 2.45) is 0 Å². The first-order valence-electron chi connectivity index (χ1n) is 13.4. The number of benzene rings is 2. The van der Waals surface area contributed by atoms with E-state index < -0.39 is 26.8 Å². The van der Waals surface area contributed by atoms with Gasteiger partial charge in [-0.05, 0) is 61.2 Å². The molecule has 218 valence electrons. The van der Waals surface area contributed by atoms with Crippen LogP contribution in [-0.4, -0.2) is 56.9 Å². The predicted molar refractivity (Wildman–Crippen MR) is 160 cm³/mol. The third-order valence-corrected chi connectivity index (χ3v) is 12.0. The second-order valence-corrected chi connectivity index (χ2v) is 14.5. The highest BCUT2D eigenvalue weighted by Crippen LogP contribution is 2.45. The Morgan fingerprint density at radius 1 is 1.05 bits per heavy atom. The third-order valence-electron chi connectivity index (χ3n) is 7.47. The fraction of sp³-hybridized carbons (Fsp3) is 0.379. The molecular weight excluding hydrogens is 607 g/mol. The van der Waals surface area contributed by atoms with Crippen LogP contribution in [-0.2, 0) is 29.0 Å². The summed E-state index contributed by atoms with van der Waals surface area (Å²) in [6.07, 6.45) is 1.56. The SMILES string of the molecule is O=C(CC1(c2ccc(-c3ccc(Cl)cc3)s2)CCN(C(=O)c2ccccc2Cl)CCS1(=O)=O)NOC1CCCCO1. The van der Waals surface area contributed by atoms with E-state index in [9.17, 15) is 18.0 Å². The number of nitrogens with zero attached hydrogens (tertiary/aromatic N) is 1. The highest BCUT2D eigenvalue weighted by molar-refractivity contribution is 7.92. The maximum absolute atomic E-state index is 14.1. The minimum absolute atomic E-state index is 0.0163. The van der Waals surface area contributed by atoms with Crippen LogP contribution in [0.5, 0.6) is 0 Å². The molecule has 0 bridgehead atoms. The summed E-state index contributed by atoms with van der Waals surface area (Å²) in [5.74, 6) is -1.23. The number of hydrogen-bond acceptors (Lipinski definition) is 7. The second kappa shape index (κ2) is 12.8. The molecule has 5 rings (SSSR count). The van der Waals surface area contributed by atoms with E-state index >= 15 is 0 Å². The minimum Gasteiger partial charge on any atom is -0.350 e. The highest BCUT2D eigenvalue weighted by atomic mass is 35.5. The van der Waals surface area contributed by atoms with Gasteiger partial charge in [0.25, 0.3) is 5.91 Å².